The maximum Gasteiger partial charge on any atom is 0.137 e. The molecule has 0 atom stereocenters. The van der Waals surface area contributed by atoms with E-state index in [2.05, 4.69) is 80.8 Å². The summed E-state index contributed by atoms with van der Waals surface area (Å²) in [7, 11) is 1.79. The lowest BCUT2D eigenvalue weighted by atomic mass is 10.0. The van der Waals surface area contributed by atoms with E-state index in [0.29, 0.717) is 6.10 Å². The Hall–Kier alpha value is -3.74. The van der Waals surface area contributed by atoms with E-state index in [1.54, 1.807) is 7.11 Å². The van der Waals surface area contributed by atoms with E-state index < -0.39 is 0 Å². The molecular weight excluding hydrogens is 422 g/mol. The van der Waals surface area contributed by atoms with Crippen LogP contribution < -0.4 is 0 Å². The Labute approximate surface area is 198 Å². The van der Waals surface area contributed by atoms with Crippen LogP contribution in [0.4, 0.5) is 0 Å². The molecule has 1 saturated heterocycles. The number of aromatic nitrogens is 4. The van der Waals surface area contributed by atoms with E-state index in [1.807, 2.05) is 29.3 Å². The van der Waals surface area contributed by atoms with Crippen molar-refractivity contribution in [3.8, 4) is 22.3 Å². The molecule has 170 valence electrons. The van der Waals surface area contributed by atoms with Gasteiger partial charge in [0.15, 0.2) is 0 Å². The topological polar surface area (TPSA) is 59.0 Å². The molecule has 0 saturated carbocycles. The molecule has 1 aliphatic rings. The van der Waals surface area contributed by atoms with Gasteiger partial charge in [0.2, 0.25) is 0 Å². The summed E-state index contributed by atoms with van der Waals surface area (Å²) in [4.78, 5) is 10.4. The monoisotopic (exact) mass is 449 g/mol. The van der Waals surface area contributed by atoms with Gasteiger partial charge in [-0.15, -0.1) is 0 Å². The van der Waals surface area contributed by atoms with Crippen LogP contribution in [0.5, 0.6) is 0 Å². The van der Waals surface area contributed by atoms with Gasteiger partial charge < -0.3 is 9.72 Å². The molecule has 6 rings (SSSR count). The largest absolute Gasteiger partial charge is 0.379 e. The van der Waals surface area contributed by atoms with Crippen molar-refractivity contribution >= 4 is 11.0 Å². The number of H-pyrrole nitrogens is 1. The summed E-state index contributed by atoms with van der Waals surface area (Å²) in [5.74, 6) is 0. The Balaban J connectivity index is 1.22. The van der Waals surface area contributed by atoms with E-state index in [9.17, 15) is 0 Å². The fourth-order valence-corrected chi connectivity index (χ4v) is 4.62. The second kappa shape index (κ2) is 8.89. The lowest BCUT2D eigenvalue weighted by molar-refractivity contribution is -0.0333. The summed E-state index contributed by atoms with van der Waals surface area (Å²) in [6.45, 7) is 3.74. The second-order valence-electron chi connectivity index (χ2n) is 8.98. The summed E-state index contributed by atoms with van der Waals surface area (Å²) in [6.07, 6.45) is 8.37. The SMILES string of the molecule is COC1CN(Cc2ccc(-c3cnc4[nH]cc(-c5cnn(Cc6ccccc6)c5)c4c3)cc2)C1. The Bertz CT molecular complexity index is 1400. The van der Waals surface area contributed by atoms with Crippen LogP contribution in [-0.2, 0) is 17.8 Å². The fraction of sp³-hybridized carbons (Fsp3) is 0.214. The molecule has 3 aromatic heterocycles. The van der Waals surface area contributed by atoms with Gasteiger partial charge in [0.05, 0.1) is 18.8 Å². The van der Waals surface area contributed by atoms with Crippen LogP contribution in [0.2, 0.25) is 0 Å². The normalized spacial score (nSPS) is 14.5. The highest BCUT2D eigenvalue weighted by atomic mass is 16.5. The van der Waals surface area contributed by atoms with Gasteiger partial charge in [0.1, 0.15) is 5.65 Å². The van der Waals surface area contributed by atoms with Gasteiger partial charge in [-0.1, -0.05) is 54.6 Å². The first-order chi connectivity index (χ1) is 16.7. The number of nitrogens with one attached hydrogen (secondary N) is 1. The average molecular weight is 450 g/mol. The molecule has 2 aromatic carbocycles. The van der Waals surface area contributed by atoms with Crippen LogP contribution >= 0.6 is 0 Å². The predicted molar refractivity (Wildman–Crippen MR) is 134 cm³/mol. The molecule has 0 aliphatic carbocycles. The van der Waals surface area contributed by atoms with Crippen LogP contribution in [0.3, 0.4) is 0 Å². The number of methoxy groups -OCH3 is 1. The number of benzene rings is 2. The minimum absolute atomic E-state index is 0.387. The van der Waals surface area contributed by atoms with Gasteiger partial charge in [-0.25, -0.2) is 4.98 Å². The molecule has 34 heavy (non-hydrogen) atoms. The number of ether oxygens (including phenoxy) is 1. The number of likely N-dealkylation sites (tertiary alicyclic amines) is 1. The number of fused-ring (bicyclic) bond motifs is 1. The molecule has 0 amide bonds. The predicted octanol–water partition coefficient (Wildman–Crippen LogP) is 4.97. The summed E-state index contributed by atoms with van der Waals surface area (Å²) in [5, 5.41) is 5.68. The molecule has 1 aliphatic heterocycles. The Kier molecular flexibility index (Phi) is 5.45. The standard InChI is InChI=1S/C28H27N5O/c1-34-25-18-32(19-25)15-21-7-9-22(10-8-21)23-11-26-27(14-30-28(26)29-12-23)24-13-31-33(17-24)16-20-5-3-2-4-6-20/h2-14,17,25H,15-16,18-19H2,1H3,(H,29,30). The number of aromatic amines is 1. The molecule has 0 unspecified atom stereocenters. The lowest BCUT2D eigenvalue weighted by Gasteiger charge is -2.38. The first kappa shape index (κ1) is 20.8. The molecule has 0 radical (unpaired) electrons. The van der Waals surface area contributed by atoms with Gasteiger partial charge in [0, 0.05) is 67.4 Å². The molecule has 0 spiro atoms. The van der Waals surface area contributed by atoms with Crippen LogP contribution in [-0.4, -0.2) is 51.0 Å². The third kappa shape index (κ3) is 4.14. The van der Waals surface area contributed by atoms with Crippen molar-refractivity contribution in [3.63, 3.8) is 0 Å². The molecule has 6 heteroatoms. The van der Waals surface area contributed by atoms with Crippen LogP contribution in [0, 0.1) is 0 Å². The quantitative estimate of drug-likeness (QED) is 0.381. The first-order valence-electron chi connectivity index (χ1n) is 11.6. The fourth-order valence-electron chi connectivity index (χ4n) is 4.62. The highest BCUT2D eigenvalue weighted by molar-refractivity contribution is 5.95. The number of nitrogens with zero attached hydrogens (tertiary/aromatic N) is 4. The Morgan fingerprint density at radius 2 is 1.71 bits per heavy atom. The number of rotatable bonds is 7. The average Bonchev–Trinajstić information content (AvgIpc) is 3.48. The third-order valence-electron chi connectivity index (χ3n) is 6.61. The summed E-state index contributed by atoms with van der Waals surface area (Å²) >= 11 is 0. The summed E-state index contributed by atoms with van der Waals surface area (Å²) in [5.41, 5.74) is 7.92. The van der Waals surface area contributed by atoms with Crippen LogP contribution in [0.15, 0.2) is 85.5 Å². The van der Waals surface area contributed by atoms with Crippen molar-refractivity contribution < 1.29 is 4.74 Å². The number of hydrogen-bond donors (Lipinski definition) is 1. The molecule has 0 bridgehead atoms. The van der Waals surface area contributed by atoms with Crippen LogP contribution in [0.1, 0.15) is 11.1 Å². The summed E-state index contributed by atoms with van der Waals surface area (Å²) < 4.78 is 7.35. The highest BCUT2D eigenvalue weighted by Gasteiger charge is 2.25. The van der Waals surface area contributed by atoms with Gasteiger partial charge in [-0.3, -0.25) is 9.58 Å². The molecular formula is C28H27N5O. The lowest BCUT2D eigenvalue weighted by Crippen LogP contribution is -2.50. The minimum atomic E-state index is 0.387. The van der Waals surface area contributed by atoms with E-state index in [-0.39, 0.29) is 0 Å². The van der Waals surface area contributed by atoms with Crippen molar-refractivity contribution in [3.05, 3.63) is 96.6 Å². The first-order valence-corrected chi connectivity index (χ1v) is 11.6. The molecule has 1 fully saturated rings. The Morgan fingerprint density at radius 3 is 2.50 bits per heavy atom. The number of hydrogen-bond acceptors (Lipinski definition) is 4. The van der Waals surface area contributed by atoms with Gasteiger partial charge in [0.25, 0.3) is 0 Å². The van der Waals surface area contributed by atoms with Crippen molar-refractivity contribution in [2.45, 2.75) is 19.2 Å². The smallest absolute Gasteiger partial charge is 0.137 e. The van der Waals surface area contributed by atoms with Crippen LogP contribution in [0.25, 0.3) is 33.3 Å². The van der Waals surface area contributed by atoms with Gasteiger partial charge >= 0.3 is 0 Å². The van der Waals surface area contributed by atoms with Crippen molar-refractivity contribution in [2.24, 2.45) is 0 Å². The van der Waals surface area contributed by atoms with Crippen molar-refractivity contribution in [2.75, 3.05) is 20.2 Å². The zero-order valence-corrected chi connectivity index (χ0v) is 19.2. The zero-order valence-electron chi connectivity index (χ0n) is 19.2. The van der Waals surface area contributed by atoms with E-state index >= 15 is 0 Å². The molecule has 4 heterocycles. The maximum atomic E-state index is 5.37. The molecule has 1 N–H and O–H groups in total. The zero-order chi connectivity index (χ0) is 22.9. The maximum absolute atomic E-state index is 5.37. The highest BCUT2D eigenvalue weighted by Crippen LogP contribution is 2.31. The second-order valence-corrected chi connectivity index (χ2v) is 8.98. The van der Waals surface area contributed by atoms with E-state index in [4.69, 9.17) is 4.74 Å². The van der Waals surface area contributed by atoms with Gasteiger partial charge in [-0.05, 0) is 22.8 Å². The molecule has 6 nitrogen and oxygen atoms in total. The van der Waals surface area contributed by atoms with Crippen molar-refractivity contribution in [1.29, 1.82) is 0 Å². The van der Waals surface area contributed by atoms with Gasteiger partial charge in [-0.2, -0.15) is 5.10 Å². The van der Waals surface area contributed by atoms with E-state index in [1.165, 1.54) is 16.7 Å². The number of pyridine rings is 1. The third-order valence-corrected chi connectivity index (χ3v) is 6.61. The minimum Gasteiger partial charge on any atom is -0.379 e. The summed E-state index contributed by atoms with van der Waals surface area (Å²) in [6, 6.07) is 21.4. The molecule has 5 aromatic rings. The van der Waals surface area contributed by atoms with E-state index in [0.717, 1.165) is 53.9 Å². The van der Waals surface area contributed by atoms with Crippen molar-refractivity contribution in [1.82, 2.24) is 24.6 Å². The Morgan fingerprint density at radius 1 is 0.912 bits per heavy atom.